The van der Waals surface area contributed by atoms with E-state index in [-0.39, 0.29) is 24.2 Å². The Morgan fingerprint density at radius 1 is 0.781 bits per heavy atom. The lowest BCUT2D eigenvalue weighted by Gasteiger charge is -2.00. The zero-order valence-electron chi connectivity index (χ0n) is 17.0. The molecule has 0 fully saturated rings. The Balaban J connectivity index is 0.000000243. The van der Waals surface area contributed by atoms with Crippen LogP contribution in [-0.4, -0.2) is 32.2 Å². The molecule has 0 saturated heterocycles. The maximum Gasteiger partial charge on any atom is 0.339 e. The number of aromatic hydroxyl groups is 1. The highest BCUT2D eigenvalue weighted by molar-refractivity contribution is 5.90. The zero-order chi connectivity index (χ0) is 22.9. The maximum atomic E-state index is 10.7. The van der Waals surface area contributed by atoms with Crippen molar-refractivity contribution in [2.75, 3.05) is 0 Å². The first-order valence-corrected chi connectivity index (χ1v) is 9.79. The van der Waals surface area contributed by atoms with E-state index in [1.165, 1.54) is 12.1 Å². The van der Waals surface area contributed by atoms with Gasteiger partial charge in [-0.2, -0.15) is 0 Å². The van der Waals surface area contributed by atoms with Crippen molar-refractivity contribution in [1.82, 2.24) is 4.98 Å². The van der Waals surface area contributed by atoms with E-state index in [9.17, 15) is 9.59 Å². The highest BCUT2D eigenvalue weighted by Gasteiger charge is 2.17. The third-order valence-electron chi connectivity index (χ3n) is 4.44. The van der Waals surface area contributed by atoms with Gasteiger partial charge in [0.2, 0.25) is 0 Å². The van der Waals surface area contributed by atoms with E-state index in [4.69, 9.17) is 19.7 Å². The van der Waals surface area contributed by atoms with Crippen LogP contribution in [0.5, 0.6) is 5.75 Å². The number of nitrogens with zero attached hydrogens (tertiary/aromatic N) is 1. The molecule has 7 heteroatoms. The number of benzene rings is 3. The molecular weight excluding hydrogens is 410 g/mol. The second kappa shape index (κ2) is 10.6. The van der Waals surface area contributed by atoms with E-state index >= 15 is 0 Å². The molecule has 0 aliphatic carbocycles. The Morgan fingerprint density at radius 3 is 1.88 bits per heavy atom. The van der Waals surface area contributed by atoms with E-state index in [1.807, 2.05) is 60.7 Å². The molecule has 4 rings (SSSR count). The normalized spacial score (nSPS) is 10.1. The van der Waals surface area contributed by atoms with Crippen LogP contribution in [-0.2, 0) is 11.2 Å². The fourth-order valence-electron chi connectivity index (χ4n) is 2.92. The average Bonchev–Trinajstić information content (AvgIpc) is 3.24. The molecule has 0 radical (unpaired) electrons. The molecule has 0 atom stereocenters. The summed E-state index contributed by atoms with van der Waals surface area (Å²) in [5.74, 6) is -1.05. The Bertz CT molecular complexity index is 1130. The van der Waals surface area contributed by atoms with Gasteiger partial charge in [0.05, 0.1) is 6.42 Å². The third kappa shape index (κ3) is 5.82. The van der Waals surface area contributed by atoms with E-state index in [1.54, 1.807) is 12.1 Å². The van der Waals surface area contributed by atoms with Crippen molar-refractivity contribution in [2.24, 2.45) is 0 Å². The molecule has 4 aromatic rings. The molecule has 1 heterocycles. The molecule has 0 unspecified atom stereocenters. The Kier molecular flexibility index (Phi) is 7.37. The third-order valence-corrected chi connectivity index (χ3v) is 4.44. The molecule has 0 aliphatic rings. The van der Waals surface area contributed by atoms with Gasteiger partial charge in [-0.3, -0.25) is 4.79 Å². The minimum Gasteiger partial charge on any atom is -0.507 e. The molecule has 0 saturated carbocycles. The Morgan fingerprint density at radius 2 is 1.34 bits per heavy atom. The van der Waals surface area contributed by atoms with Gasteiger partial charge in [0.15, 0.2) is 11.7 Å². The summed E-state index contributed by atoms with van der Waals surface area (Å²) in [6.07, 6.45) is 0.283. The molecule has 3 N–H and O–H groups in total. The molecule has 32 heavy (non-hydrogen) atoms. The molecule has 0 spiro atoms. The fraction of sp³-hybridized carbons (Fsp3) is 0.0800. The predicted molar refractivity (Wildman–Crippen MR) is 118 cm³/mol. The summed E-state index contributed by atoms with van der Waals surface area (Å²) in [7, 11) is 0. The van der Waals surface area contributed by atoms with Crippen LogP contribution in [0.4, 0.5) is 0 Å². The molecule has 0 amide bonds. The lowest BCUT2D eigenvalue weighted by Crippen LogP contribution is -1.97. The van der Waals surface area contributed by atoms with Gasteiger partial charge in [-0.05, 0) is 12.1 Å². The molecule has 0 aliphatic heterocycles. The first-order chi connectivity index (χ1) is 15.5. The second-order valence-electron chi connectivity index (χ2n) is 6.73. The van der Waals surface area contributed by atoms with Gasteiger partial charge in [-0.15, -0.1) is 0 Å². The van der Waals surface area contributed by atoms with Crippen molar-refractivity contribution in [2.45, 2.75) is 12.8 Å². The van der Waals surface area contributed by atoms with Crippen LogP contribution in [0.2, 0.25) is 0 Å². The number of hydrogen-bond acceptors (Lipinski definition) is 5. The summed E-state index contributed by atoms with van der Waals surface area (Å²) in [6.45, 7) is 0. The van der Waals surface area contributed by atoms with Crippen molar-refractivity contribution < 1.29 is 29.3 Å². The number of aryl methyl sites for hydroxylation is 1. The highest BCUT2D eigenvalue weighted by Crippen LogP contribution is 2.32. The summed E-state index contributed by atoms with van der Waals surface area (Å²) in [5, 5.41) is 26.1. The van der Waals surface area contributed by atoms with Crippen molar-refractivity contribution >= 4 is 11.9 Å². The molecule has 162 valence electrons. The number of oxazole rings is 1. The highest BCUT2D eigenvalue weighted by atomic mass is 16.4. The van der Waals surface area contributed by atoms with Crippen LogP contribution in [0.25, 0.3) is 22.6 Å². The molecule has 0 bridgehead atoms. The van der Waals surface area contributed by atoms with Crippen LogP contribution < -0.4 is 0 Å². The van der Waals surface area contributed by atoms with Crippen LogP contribution in [0, 0.1) is 0 Å². The predicted octanol–water partition coefficient (Wildman–Crippen LogP) is 5.12. The number of para-hydroxylation sites is 1. The quantitative estimate of drug-likeness (QED) is 0.388. The van der Waals surface area contributed by atoms with Gasteiger partial charge >= 0.3 is 11.9 Å². The number of aromatic nitrogens is 1. The summed E-state index contributed by atoms with van der Waals surface area (Å²) < 4.78 is 5.83. The standard InChI is InChI=1S/C18H15NO3.C7H6O3/c20-16(21)12-11-15-19-17(13-7-3-1-4-8-13)18(22-15)14-9-5-2-6-10-14;8-6-4-2-1-3-5(6)7(9)10/h1-10H,11-12H2,(H,20,21);1-4,8H,(H,9,10). The summed E-state index contributed by atoms with van der Waals surface area (Å²) in [4.78, 5) is 25.5. The number of aliphatic carboxylic acids is 1. The average molecular weight is 431 g/mol. The Labute approximate surface area is 184 Å². The molecular formula is C25H21NO6. The van der Waals surface area contributed by atoms with Crippen molar-refractivity contribution in [1.29, 1.82) is 0 Å². The van der Waals surface area contributed by atoms with Crippen LogP contribution in [0.3, 0.4) is 0 Å². The number of carbonyl (C=O) groups is 2. The smallest absolute Gasteiger partial charge is 0.339 e. The fourth-order valence-corrected chi connectivity index (χ4v) is 2.92. The van der Waals surface area contributed by atoms with Gasteiger partial charge in [0.25, 0.3) is 0 Å². The first kappa shape index (κ1) is 22.3. The van der Waals surface area contributed by atoms with E-state index in [2.05, 4.69) is 4.98 Å². The summed E-state index contributed by atoms with van der Waals surface area (Å²) in [5.41, 5.74) is 2.55. The minimum atomic E-state index is -1.11. The summed E-state index contributed by atoms with van der Waals surface area (Å²) in [6, 6.07) is 25.3. The first-order valence-electron chi connectivity index (χ1n) is 9.79. The Hall–Kier alpha value is -4.39. The minimum absolute atomic E-state index is 0.00295. The lowest BCUT2D eigenvalue weighted by molar-refractivity contribution is -0.137. The van der Waals surface area contributed by atoms with Crippen molar-refractivity contribution in [3.8, 4) is 28.3 Å². The SMILES string of the molecule is O=C(O)CCc1nc(-c2ccccc2)c(-c2ccccc2)o1.O=C(O)c1ccccc1O. The van der Waals surface area contributed by atoms with Gasteiger partial charge in [-0.1, -0.05) is 72.8 Å². The maximum absolute atomic E-state index is 10.7. The van der Waals surface area contributed by atoms with Gasteiger partial charge < -0.3 is 19.7 Å². The molecule has 7 nitrogen and oxygen atoms in total. The van der Waals surface area contributed by atoms with Crippen molar-refractivity contribution in [3.63, 3.8) is 0 Å². The van der Waals surface area contributed by atoms with Gasteiger partial charge in [0, 0.05) is 17.5 Å². The number of carboxylic acid groups (broad SMARTS) is 2. The topological polar surface area (TPSA) is 121 Å². The number of hydrogen-bond donors (Lipinski definition) is 3. The zero-order valence-corrected chi connectivity index (χ0v) is 17.0. The van der Waals surface area contributed by atoms with Gasteiger partial charge in [0.1, 0.15) is 17.0 Å². The van der Waals surface area contributed by atoms with Crippen LogP contribution in [0.1, 0.15) is 22.7 Å². The van der Waals surface area contributed by atoms with Crippen LogP contribution in [0.15, 0.2) is 89.3 Å². The largest absolute Gasteiger partial charge is 0.507 e. The van der Waals surface area contributed by atoms with E-state index < -0.39 is 11.9 Å². The molecule has 1 aromatic heterocycles. The van der Waals surface area contributed by atoms with Gasteiger partial charge in [-0.25, -0.2) is 9.78 Å². The lowest BCUT2D eigenvalue weighted by atomic mass is 10.1. The number of aromatic carboxylic acids is 1. The second-order valence-corrected chi connectivity index (χ2v) is 6.73. The number of rotatable bonds is 6. The molecule has 3 aromatic carbocycles. The van der Waals surface area contributed by atoms with E-state index in [0.717, 1.165) is 16.8 Å². The monoisotopic (exact) mass is 431 g/mol. The van der Waals surface area contributed by atoms with Crippen molar-refractivity contribution in [3.05, 3.63) is 96.4 Å². The number of phenols is 1. The van der Waals surface area contributed by atoms with Crippen LogP contribution >= 0.6 is 0 Å². The van der Waals surface area contributed by atoms with E-state index in [0.29, 0.717) is 11.7 Å². The summed E-state index contributed by atoms with van der Waals surface area (Å²) >= 11 is 0. The number of carboxylic acids is 2.